The predicted molar refractivity (Wildman–Crippen MR) is 68.3 cm³/mol. The van der Waals surface area contributed by atoms with E-state index in [-0.39, 0.29) is 22.9 Å². The molecule has 0 spiro atoms. The van der Waals surface area contributed by atoms with Crippen molar-refractivity contribution in [3.63, 3.8) is 0 Å². The molecule has 0 radical (unpaired) electrons. The molecule has 0 unspecified atom stereocenters. The number of hydrogen-bond donors (Lipinski definition) is 1. The van der Waals surface area contributed by atoms with Crippen LogP contribution < -0.4 is 5.32 Å². The maximum absolute atomic E-state index is 13.1. The second-order valence-corrected chi connectivity index (χ2v) is 5.54. The highest BCUT2D eigenvalue weighted by Gasteiger charge is 2.40. The summed E-state index contributed by atoms with van der Waals surface area (Å²) in [5.41, 5.74) is -0.0249. The molecule has 1 aliphatic carbocycles. The molecule has 1 fully saturated rings. The number of anilines is 1. The van der Waals surface area contributed by atoms with Crippen molar-refractivity contribution in [3.05, 3.63) is 46.7 Å². The fourth-order valence-electron chi connectivity index (χ4n) is 2.09. The van der Waals surface area contributed by atoms with Gasteiger partial charge in [0.25, 0.3) is 0 Å². The Morgan fingerprint density at radius 3 is 2.75 bits per heavy atom. The largest absolute Gasteiger partial charge is 0.434 e. The minimum Gasteiger partial charge on any atom is -0.358 e. The fourth-order valence-corrected chi connectivity index (χ4v) is 2.87. The summed E-state index contributed by atoms with van der Waals surface area (Å²) in [6, 6.07) is 6.29. The van der Waals surface area contributed by atoms with Crippen molar-refractivity contribution in [2.45, 2.75) is 24.6 Å². The molecule has 2 atom stereocenters. The summed E-state index contributed by atoms with van der Waals surface area (Å²) in [5, 5.41) is 4.20. The first-order chi connectivity index (χ1) is 9.43. The van der Waals surface area contributed by atoms with Gasteiger partial charge in [0.2, 0.25) is 0 Å². The summed E-state index contributed by atoms with van der Waals surface area (Å²) in [6.07, 6.45) is -3.65. The van der Waals surface area contributed by atoms with Crippen LogP contribution in [-0.2, 0) is 6.18 Å². The monoisotopic (exact) mass is 302 g/mol. The second-order valence-electron chi connectivity index (χ2n) is 4.68. The van der Waals surface area contributed by atoms with Crippen molar-refractivity contribution in [1.29, 1.82) is 0 Å². The summed E-state index contributed by atoms with van der Waals surface area (Å²) in [4.78, 5) is 3.52. The molecule has 7 heteroatoms. The molecule has 20 heavy (non-hydrogen) atoms. The van der Waals surface area contributed by atoms with Crippen molar-refractivity contribution in [3.8, 4) is 0 Å². The third-order valence-electron chi connectivity index (χ3n) is 3.17. The van der Waals surface area contributed by atoms with Crippen LogP contribution in [0.3, 0.4) is 0 Å². The summed E-state index contributed by atoms with van der Waals surface area (Å²) in [6.45, 7) is 0. The summed E-state index contributed by atoms with van der Waals surface area (Å²) in [5.74, 6) is -0.175. The van der Waals surface area contributed by atoms with Crippen LogP contribution in [-0.4, -0.2) is 11.0 Å². The minimum atomic E-state index is -4.41. The number of alkyl halides is 3. The zero-order chi connectivity index (χ0) is 14.3. The number of nitrogens with zero attached hydrogens (tertiary/aromatic N) is 1. The van der Waals surface area contributed by atoms with E-state index in [2.05, 4.69) is 10.3 Å². The molecule has 0 aliphatic heterocycles. The predicted octanol–water partition coefficient (Wildman–Crippen LogP) is 4.27. The van der Waals surface area contributed by atoms with E-state index in [1.807, 2.05) is 6.07 Å². The van der Waals surface area contributed by atoms with Crippen LogP contribution in [0, 0.1) is 5.82 Å². The van der Waals surface area contributed by atoms with Gasteiger partial charge < -0.3 is 5.32 Å². The Kier molecular flexibility index (Phi) is 3.16. The topological polar surface area (TPSA) is 24.9 Å². The first-order valence-corrected chi connectivity index (χ1v) is 6.86. The zero-order valence-corrected chi connectivity index (χ0v) is 10.9. The summed E-state index contributed by atoms with van der Waals surface area (Å²) >= 11 is 0.929. The van der Waals surface area contributed by atoms with Gasteiger partial charge in [0, 0.05) is 17.3 Å². The van der Waals surface area contributed by atoms with Crippen molar-refractivity contribution in [2.75, 3.05) is 5.32 Å². The lowest BCUT2D eigenvalue weighted by molar-refractivity contribution is -0.140. The fraction of sp³-hybridized carbons (Fsp3) is 0.308. The van der Waals surface area contributed by atoms with Gasteiger partial charge in [-0.3, -0.25) is 0 Å². The van der Waals surface area contributed by atoms with Crippen LogP contribution in [0.4, 0.5) is 22.7 Å². The van der Waals surface area contributed by atoms with Gasteiger partial charge in [-0.05, 0) is 24.1 Å². The SMILES string of the molecule is Fc1cccc([C@@H]2C[C@H]2Nc2nc(C(F)(F)F)cs2)c1. The summed E-state index contributed by atoms with van der Waals surface area (Å²) < 4.78 is 50.3. The van der Waals surface area contributed by atoms with E-state index in [1.54, 1.807) is 6.07 Å². The number of benzene rings is 1. The normalized spacial score (nSPS) is 21.8. The van der Waals surface area contributed by atoms with Gasteiger partial charge in [-0.25, -0.2) is 9.37 Å². The third-order valence-corrected chi connectivity index (χ3v) is 3.94. The first-order valence-electron chi connectivity index (χ1n) is 5.98. The number of halogens is 4. The molecule has 0 amide bonds. The average molecular weight is 302 g/mol. The number of aromatic nitrogens is 1. The van der Waals surface area contributed by atoms with Crippen LogP contribution in [0.25, 0.3) is 0 Å². The maximum Gasteiger partial charge on any atom is 0.434 e. The highest BCUT2D eigenvalue weighted by molar-refractivity contribution is 7.13. The second kappa shape index (κ2) is 4.73. The molecule has 0 bridgehead atoms. The van der Waals surface area contributed by atoms with Crippen LogP contribution in [0.2, 0.25) is 0 Å². The van der Waals surface area contributed by atoms with Crippen LogP contribution in [0.15, 0.2) is 29.6 Å². The number of thiazole rings is 1. The van der Waals surface area contributed by atoms with Crippen molar-refractivity contribution < 1.29 is 17.6 Å². The third kappa shape index (κ3) is 2.77. The first kappa shape index (κ1) is 13.4. The van der Waals surface area contributed by atoms with Gasteiger partial charge in [0.15, 0.2) is 10.8 Å². The standard InChI is InChI=1S/C13H10F4N2S/c14-8-3-1-2-7(4-8)9-5-10(9)18-12-19-11(6-20-12)13(15,16)17/h1-4,6,9-10H,5H2,(H,18,19)/t9-,10+/m0/s1. The van der Waals surface area contributed by atoms with Gasteiger partial charge in [0.1, 0.15) is 5.82 Å². The van der Waals surface area contributed by atoms with E-state index in [1.165, 1.54) is 12.1 Å². The Morgan fingerprint density at radius 1 is 1.30 bits per heavy atom. The van der Waals surface area contributed by atoms with Gasteiger partial charge in [0.05, 0.1) is 0 Å². The van der Waals surface area contributed by atoms with E-state index >= 15 is 0 Å². The van der Waals surface area contributed by atoms with Gasteiger partial charge in [-0.1, -0.05) is 12.1 Å². The average Bonchev–Trinajstić information content (AvgIpc) is 2.94. The lowest BCUT2D eigenvalue weighted by atomic mass is 10.1. The van der Waals surface area contributed by atoms with E-state index < -0.39 is 11.9 Å². The van der Waals surface area contributed by atoms with Gasteiger partial charge >= 0.3 is 6.18 Å². The molecule has 1 saturated carbocycles. The van der Waals surface area contributed by atoms with Crippen molar-refractivity contribution in [1.82, 2.24) is 4.98 Å². The number of hydrogen-bond acceptors (Lipinski definition) is 3. The molecule has 0 saturated heterocycles. The zero-order valence-electron chi connectivity index (χ0n) is 10.1. The Morgan fingerprint density at radius 2 is 2.10 bits per heavy atom. The highest BCUT2D eigenvalue weighted by atomic mass is 32.1. The Labute approximate surface area is 116 Å². The molecule has 1 aromatic heterocycles. The lowest BCUT2D eigenvalue weighted by Gasteiger charge is -2.03. The molecule has 1 heterocycles. The van der Waals surface area contributed by atoms with E-state index in [0.717, 1.165) is 28.7 Å². The molecule has 3 rings (SSSR count). The molecule has 2 aromatic rings. The molecule has 106 valence electrons. The van der Waals surface area contributed by atoms with E-state index in [4.69, 9.17) is 0 Å². The highest BCUT2D eigenvalue weighted by Crippen LogP contribution is 2.43. The van der Waals surface area contributed by atoms with Crippen molar-refractivity contribution >= 4 is 16.5 Å². The van der Waals surface area contributed by atoms with Gasteiger partial charge in [-0.2, -0.15) is 13.2 Å². The lowest BCUT2D eigenvalue weighted by Crippen LogP contribution is -2.07. The van der Waals surface area contributed by atoms with Crippen LogP contribution >= 0.6 is 11.3 Å². The van der Waals surface area contributed by atoms with Crippen molar-refractivity contribution in [2.24, 2.45) is 0 Å². The van der Waals surface area contributed by atoms with E-state index in [0.29, 0.717) is 0 Å². The molecular weight excluding hydrogens is 292 g/mol. The number of rotatable bonds is 3. The maximum atomic E-state index is 13.1. The van der Waals surface area contributed by atoms with Crippen LogP contribution in [0.1, 0.15) is 23.6 Å². The smallest absolute Gasteiger partial charge is 0.358 e. The number of nitrogens with one attached hydrogen (secondary N) is 1. The van der Waals surface area contributed by atoms with Crippen LogP contribution in [0.5, 0.6) is 0 Å². The Balaban J connectivity index is 1.65. The van der Waals surface area contributed by atoms with E-state index in [9.17, 15) is 17.6 Å². The minimum absolute atomic E-state index is 0.0176. The molecule has 1 N–H and O–H groups in total. The molecule has 2 nitrogen and oxygen atoms in total. The molecule has 1 aliphatic rings. The Bertz CT molecular complexity index is 623. The molecular formula is C13H10F4N2S. The Hall–Kier alpha value is -1.63. The summed E-state index contributed by atoms with van der Waals surface area (Å²) in [7, 11) is 0. The quantitative estimate of drug-likeness (QED) is 0.857. The molecule has 1 aromatic carbocycles. The van der Waals surface area contributed by atoms with Gasteiger partial charge in [-0.15, -0.1) is 11.3 Å².